The number of hydrogen-bond donors (Lipinski definition) is 1. The van der Waals surface area contributed by atoms with E-state index in [1.54, 1.807) is 24.4 Å². The molecular weight excluding hydrogens is 309 g/mol. The molecule has 0 bridgehead atoms. The molecule has 1 aromatic heterocycles. The lowest BCUT2D eigenvalue weighted by Gasteiger charge is -2.17. The van der Waals surface area contributed by atoms with Gasteiger partial charge in [0.25, 0.3) is 0 Å². The van der Waals surface area contributed by atoms with Gasteiger partial charge in [-0.25, -0.2) is 4.98 Å². The Bertz CT molecular complexity index is 670. The van der Waals surface area contributed by atoms with E-state index in [4.69, 9.17) is 23.2 Å². The minimum Gasteiger partial charge on any atom is -0.347 e. The van der Waals surface area contributed by atoms with E-state index < -0.39 is 0 Å². The molecule has 1 aromatic carbocycles. The Morgan fingerprint density at radius 1 is 1.29 bits per heavy atom. The van der Waals surface area contributed by atoms with Gasteiger partial charge in [-0.3, -0.25) is 4.79 Å². The van der Waals surface area contributed by atoms with Gasteiger partial charge in [0.05, 0.1) is 6.54 Å². The number of halogens is 2. The lowest BCUT2D eigenvalue weighted by Crippen LogP contribution is -2.32. The second-order valence-corrected chi connectivity index (χ2v) is 5.74. The molecule has 0 atom stereocenters. The Morgan fingerprint density at radius 3 is 2.81 bits per heavy atom. The molecule has 4 nitrogen and oxygen atoms in total. The highest BCUT2D eigenvalue weighted by atomic mass is 35.5. The SMILES string of the molecule is O=C(CN1CCc2cccnc21)Nc1cc(Cl)cc(Cl)c1. The highest BCUT2D eigenvalue weighted by molar-refractivity contribution is 6.35. The topological polar surface area (TPSA) is 45.2 Å². The molecule has 0 fully saturated rings. The Balaban J connectivity index is 1.68. The van der Waals surface area contributed by atoms with Crippen LogP contribution < -0.4 is 10.2 Å². The number of amides is 1. The Hall–Kier alpha value is -1.78. The second kappa shape index (κ2) is 5.92. The summed E-state index contributed by atoms with van der Waals surface area (Å²) < 4.78 is 0. The summed E-state index contributed by atoms with van der Waals surface area (Å²) in [4.78, 5) is 18.4. The summed E-state index contributed by atoms with van der Waals surface area (Å²) in [5.41, 5.74) is 1.77. The van der Waals surface area contributed by atoms with Crippen LogP contribution in [0, 0.1) is 0 Å². The van der Waals surface area contributed by atoms with E-state index in [1.807, 2.05) is 17.0 Å². The first kappa shape index (κ1) is 14.2. The number of fused-ring (bicyclic) bond motifs is 1. The molecule has 0 aliphatic carbocycles. The van der Waals surface area contributed by atoms with Crippen LogP contribution >= 0.6 is 23.2 Å². The third-order valence-electron chi connectivity index (χ3n) is 3.30. The summed E-state index contributed by atoms with van der Waals surface area (Å²) in [7, 11) is 0. The maximum absolute atomic E-state index is 12.1. The highest BCUT2D eigenvalue weighted by Crippen LogP contribution is 2.25. The van der Waals surface area contributed by atoms with E-state index in [2.05, 4.69) is 10.3 Å². The minimum atomic E-state index is -0.119. The molecule has 0 radical (unpaired) electrons. The van der Waals surface area contributed by atoms with Gasteiger partial charge in [-0.1, -0.05) is 29.3 Å². The molecule has 0 spiro atoms. The number of aromatic nitrogens is 1. The molecule has 0 saturated carbocycles. The van der Waals surface area contributed by atoms with Crippen LogP contribution in [0.15, 0.2) is 36.5 Å². The quantitative estimate of drug-likeness (QED) is 0.942. The Morgan fingerprint density at radius 2 is 2.05 bits per heavy atom. The molecule has 1 N–H and O–H groups in total. The van der Waals surface area contributed by atoms with Crippen LogP contribution in [0.2, 0.25) is 10.0 Å². The summed E-state index contributed by atoms with van der Waals surface area (Å²) in [6.45, 7) is 1.06. The number of benzene rings is 1. The molecule has 6 heteroatoms. The first-order valence-electron chi connectivity index (χ1n) is 6.56. The molecule has 1 aliphatic rings. The highest BCUT2D eigenvalue weighted by Gasteiger charge is 2.21. The van der Waals surface area contributed by atoms with Crippen LogP contribution in [-0.4, -0.2) is 24.0 Å². The Labute approximate surface area is 132 Å². The van der Waals surface area contributed by atoms with E-state index in [1.165, 1.54) is 5.56 Å². The third kappa shape index (κ3) is 3.28. The van der Waals surface area contributed by atoms with Crippen molar-refractivity contribution in [2.75, 3.05) is 23.3 Å². The number of rotatable bonds is 3. The van der Waals surface area contributed by atoms with Gasteiger partial charge < -0.3 is 10.2 Å². The molecule has 1 aliphatic heterocycles. The molecule has 21 heavy (non-hydrogen) atoms. The van der Waals surface area contributed by atoms with E-state index in [0.29, 0.717) is 15.7 Å². The predicted molar refractivity (Wildman–Crippen MR) is 85.2 cm³/mol. The van der Waals surface area contributed by atoms with Gasteiger partial charge in [-0.05, 0) is 36.2 Å². The number of nitrogens with zero attached hydrogens (tertiary/aromatic N) is 2. The zero-order valence-electron chi connectivity index (χ0n) is 11.1. The van der Waals surface area contributed by atoms with Crippen molar-refractivity contribution in [1.82, 2.24) is 4.98 Å². The summed E-state index contributed by atoms with van der Waals surface area (Å²) in [5, 5.41) is 3.79. The van der Waals surface area contributed by atoms with Crippen molar-refractivity contribution >= 4 is 40.6 Å². The van der Waals surface area contributed by atoms with Crippen molar-refractivity contribution in [2.24, 2.45) is 0 Å². The number of hydrogen-bond acceptors (Lipinski definition) is 3. The zero-order valence-corrected chi connectivity index (χ0v) is 12.7. The van der Waals surface area contributed by atoms with Gasteiger partial charge in [0.15, 0.2) is 0 Å². The monoisotopic (exact) mass is 321 g/mol. The van der Waals surface area contributed by atoms with Crippen molar-refractivity contribution in [3.8, 4) is 0 Å². The van der Waals surface area contributed by atoms with Crippen molar-refractivity contribution < 1.29 is 4.79 Å². The normalized spacial score (nSPS) is 13.1. The largest absolute Gasteiger partial charge is 0.347 e. The van der Waals surface area contributed by atoms with Gasteiger partial charge in [0.1, 0.15) is 5.82 Å². The fourth-order valence-electron chi connectivity index (χ4n) is 2.43. The van der Waals surface area contributed by atoms with Crippen molar-refractivity contribution in [2.45, 2.75) is 6.42 Å². The first-order chi connectivity index (χ1) is 10.1. The van der Waals surface area contributed by atoms with Crippen molar-refractivity contribution in [3.05, 3.63) is 52.1 Å². The number of carbonyl (C=O) groups excluding carboxylic acids is 1. The maximum atomic E-state index is 12.1. The van der Waals surface area contributed by atoms with E-state index in [-0.39, 0.29) is 12.5 Å². The van der Waals surface area contributed by atoms with Gasteiger partial charge in [-0.2, -0.15) is 0 Å². The van der Waals surface area contributed by atoms with Gasteiger partial charge >= 0.3 is 0 Å². The molecule has 108 valence electrons. The Kier molecular flexibility index (Phi) is 3.99. The molecule has 2 heterocycles. The summed E-state index contributed by atoms with van der Waals surface area (Å²) in [6, 6.07) is 8.91. The fourth-order valence-corrected chi connectivity index (χ4v) is 2.95. The van der Waals surface area contributed by atoms with Gasteiger partial charge in [0, 0.05) is 28.5 Å². The first-order valence-corrected chi connectivity index (χ1v) is 7.32. The number of pyridine rings is 1. The smallest absolute Gasteiger partial charge is 0.243 e. The zero-order chi connectivity index (χ0) is 14.8. The molecule has 0 saturated heterocycles. The van der Waals surface area contributed by atoms with E-state index in [9.17, 15) is 4.79 Å². The lowest BCUT2D eigenvalue weighted by molar-refractivity contribution is -0.115. The molecule has 1 amide bonds. The molecule has 0 unspecified atom stereocenters. The average Bonchev–Trinajstić information content (AvgIpc) is 2.81. The molecule has 2 aromatic rings. The van der Waals surface area contributed by atoms with Crippen molar-refractivity contribution in [3.63, 3.8) is 0 Å². The van der Waals surface area contributed by atoms with Gasteiger partial charge in [-0.15, -0.1) is 0 Å². The molecule has 3 rings (SSSR count). The van der Waals surface area contributed by atoms with E-state index >= 15 is 0 Å². The second-order valence-electron chi connectivity index (χ2n) is 4.86. The maximum Gasteiger partial charge on any atom is 0.243 e. The van der Waals surface area contributed by atoms with Crippen LogP contribution in [-0.2, 0) is 11.2 Å². The summed E-state index contributed by atoms with van der Waals surface area (Å²) in [6.07, 6.45) is 2.66. The third-order valence-corrected chi connectivity index (χ3v) is 3.74. The number of anilines is 2. The van der Waals surface area contributed by atoms with Crippen LogP contribution in [0.1, 0.15) is 5.56 Å². The number of carbonyl (C=O) groups is 1. The van der Waals surface area contributed by atoms with Crippen LogP contribution in [0.25, 0.3) is 0 Å². The molecular formula is C15H13Cl2N3O. The van der Waals surface area contributed by atoms with Crippen LogP contribution in [0.5, 0.6) is 0 Å². The number of nitrogens with one attached hydrogen (secondary N) is 1. The minimum absolute atomic E-state index is 0.119. The lowest BCUT2D eigenvalue weighted by atomic mass is 10.2. The fraction of sp³-hybridized carbons (Fsp3) is 0.200. The summed E-state index contributed by atoms with van der Waals surface area (Å²) in [5.74, 6) is 0.767. The van der Waals surface area contributed by atoms with Crippen LogP contribution in [0.3, 0.4) is 0 Å². The van der Waals surface area contributed by atoms with E-state index in [0.717, 1.165) is 18.8 Å². The summed E-state index contributed by atoms with van der Waals surface area (Å²) >= 11 is 11.8. The van der Waals surface area contributed by atoms with Crippen molar-refractivity contribution in [1.29, 1.82) is 0 Å². The standard InChI is InChI=1S/C15H13Cl2N3O/c16-11-6-12(17)8-13(7-11)19-14(21)9-20-5-3-10-2-1-4-18-15(10)20/h1-2,4,6-8H,3,5,9H2,(H,19,21). The average molecular weight is 322 g/mol. The predicted octanol–water partition coefficient (Wildman–Crippen LogP) is 3.39. The van der Waals surface area contributed by atoms with Crippen LogP contribution in [0.4, 0.5) is 11.5 Å². The van der Waals surface area contributed by atoms with Gasteiger partial charge in [0.2, 0.25) is 5.91 Å².